The zero-order valence-corrected chi connectivity index (χ0v) is 9.33. The quantitative estimate of drug-likeness (QED) is 0.749. The summed E-state index contributed by atoms with van der Waals surface area (Å²) in [7, 11) is 0. The first-order chi connectivity index (χ1) is 6.71. The maximum Gasteiger partial charge on any atom is 0.124 e. The van der Waals surface area contributed by atoms with Crippen LogP contribution in [0.25, 0.3) is 0 Å². The first kappa shape index (κ1) is 8.72. The van der Waals surface area contributed by atoms with Crippen LogP contribution >= 0.6 is 15.9 Å². The molecular weight excluding hydrogens is 245 g/mol. The Balaban J connectivity index is 2.18. The first-order valence-electron chi connectivity index (χ1n) is 4.95. The van der Waals surface area contributed by atoms with Crippen LogP contribution in [0.15, 0.2) is 16.6 Å². The molecule has 3 heteroatoms. The van der Waals surface area contributed by atoms with Crippen molar-refractivity contribution in [2.45, 2.75) is 24.7 Å². The standard InChI is InChI=1S/C11H11BrFN/c12-9-5-7(13)4-8-10(9)14-6-11(8)2-1-3-11/h4-5,14H,1-3,6H2. The molecule has 1 aromatic rings. The molecule has 74 valence electrons. The first-order valence-corrected chi connectivity index (χ1v) is 5.74. The van der Waals surface area contributed by atoms with Crippen LogP contribution in [0, 0.1) is 5.82 Å². The van der Waals surface area contributed by atoms with Gasteiger partial charge in [0.05, 0.1) is 5.69 Å². The van der Waals surface area contributed by atoms with E-state index in [1.807, 2.05) is 0 Å². The molecule has 1 N–H and O–H groups in total. The third kappa shape index (κ3) is 0.991. The minimum atomic E-state index is -0.134. The van der Waals surface area contributed by atoms with Gasteiger partial charge in [0, 0.05) is 16.4 Å². The van der Waals surface area contributed by atoms with E-state index in [-0.39, 0.29) is 11.2 Å². The number of nitrogens with one attached hydrogen (secondary N) is 1. The van der Waals surface area contributed by atoms with Crippen LogP contribution in [0.2, 0.25) is 0 Å². The van der Waals surface area contributed by atoms with Crippen molar-refractivity contribution in [1.82, 2.24) is 0 Å². The van der Waals surface area contributed by atoms with Crippen molar-refractivity contribution in [1.29, 1.82) is 0 Å². The molecule has 1 heterocycles. The van der Waals surface area contributed by atoms with Crippen LogP contribution < -0.4 is 5.32 Å². The lowest BCUT2D eigenvalue weighted by molar-refractivity contribution is 0.271. The van der Waals surface area contributed by atoms with Gasteiger partial charge in [0.25, 0.3) is 0 Å². The van der Waals surface area contributed by atoms with Gasteiger partial charge < -0.3 is 5.32 Å². The SMILES string of the molecule is Fc1cc(Br)c2c(c1)C1(CCC1)CN2. The molecule has 1 aromatic carbocycles. The molecule has 2 aliphatic rings. The lowest BCUT2D eigenvalue weighted by Crippen LogP contribution is -2.35. The molecule has 3 rings (SSSR count). The Bertz CT molecular complexity index is 399. The summed E-state index contributed by atoms with van der Waals surface area (Å²) in [6, 6.07) is 3.22. The molecular formula is C11H11BrFN. The minimum absolute atomic E-state index is 0.134. The van der Waals surface area contributed by atoms with Gasteiger partial charge in [-0.3, -0.25) is 0 Å². The van der Waals surface area contributed by atoms with Gasteiger partial charge in [-0.1, -0.05) is 6.42 Å². The molecule has 1 saturated carbocycles. The highest BCUT2D eigenvalue weighted by molar-refractivity contribution is 9.10. The van der Waals surface area contributed by atoms with Crippen molar-refractivity contribution in [2.75, 3.05) is 11.9 Å². The lowest BCUT2D eigenvalue weighted by Gasteiger charge is -2.38. The fraction of sp³-hybridized carbons (Fsp3) is 0.455. The number of hydrogen-bond acceptors (Lipinski definition) is 1. The van der Waals surface area contributed by atoms with Gasteiger partial charge in [0.15, 0.2) is 0 Å². The van der Waals surface area contributed by atoms with E-state index in [4.69, 9.17) is 0 Å². The van der Waals surface area contributed by atoms with Crippen molar-refractivity contribution in [3.05, 3.63) is 28.0 Å². The van der Waals surface area contributed by atoms with Gasteiger partial charge >= 0.3 is 0 Å². The van der Waals surface area contributed by atoms with Gasteiger partial charge in [-0.15, -0.1) is 0 Å². The molecule has 14 heavy (non-hydrogen) atoms. The normalized spacial score (nSPS) is 21.6. The van der Waals surface area contributed by atoms with Crippen LogP contribution in [0.3, 0.4) is 0 Å². The van der Waals surface area contributed by atoms with Crippen molar-refractivity contribution < 1.29 is 4.39 Å². The predicted molar refractivity (Wildman–Crippen MR) is 58.1 cm³/mol. The minimum Gasteiger partial charge on any atom is -0.383 e. The van der Waals surface area contributed by atoms with Gasteiger partial charge in [0.2, 0.25) is 0 Å². The van der Waals surface area contributed by atoms with Crippen LogP contribution in [0.5, 0.6) is 0 Å². The Labute approximate surface area is 90.8 Å². The summed E-state index contributed by atoms with van der Waals surface area (Å²) in [4.78, 5) is 0. The van der Waals surface area contributed by atoms with Gasteiger partial charge in [-0.05, 0) is 46.5 Å². The van der Waals surface area contributed by atoms with E-state index in [1.54, 1.807) is 6.07 Å². The summed E-state index contributed by atoms with van der Waals surface area (Å²) in [6.07, 6.45) is 3.67. The summed E-state index contributed by atoms with van der Waals surface area (Å²) < 4.78 is 14.1. The topological polar surface area (TPSA) is 12.0 Å². The Morgan fingerprint density at radius 1 is 1.36 bits per heavy atom. The van der Waals surface area contributed by atoms with Gasteiger partial charge in [0.1, 0.15) is 5.82 Å². The molecule has 1 fully saturated rings. The van der Waals surface area contributed by atoms with Gasteiger partial charge in [-0.2, -0.15) is 0 Å². The third-order valence-electron chi connectivity index (χ3n) is 3.54. The second kappa shape index (κ2) is 2.72. The molecule has 1 nitrogen and oxygen atoms in total. The average Bonchev–Trinajstić information content (AvgIpc) is 2.42. The fourth-order valence-corrected chi connectivity index (χ4v) is 3.15. The fourth-order valence-electron chi connectivity index (χ4n) is 2.57. The van der Waals surface area contributed by atoms with E-state index in [1.165, 1.54) is 30.9 Å². The lowest BCUT2D eigenvalue weighted by atomic mass is 9.66. The Morgan fingerprint density at radius 2 is 2.14 bits per heavy atom. The summed E-state index contributed by atoms with van der Waals surface area (Å²) in [5, 5.41) is 3.37. The molecule has 0 aromatic heterocycles. The monoisotopic (exact) mass is 255 g/mol. The Hall–Kier alpha value is -0.570. The van der Waals surface area contributed by atoms with E-state index < -0.39 is 0 Å². The van der Waals surface area contributed by atoms with Crippen molar-refractivity contribution >= 4 is 21.6 Å². The van der Waals surface area contributed by atoms with E-state index >= 15 is 0 Å². The number of rotatable bonds is 0. The van der Waals surface area contributed by atoms with E-state index in [2.05, 4.69) is 21.2 Å². The number of fused-ring (bicyclic) bond motifs is 2. The zero-order chi connectivity index (χ0) is 9.76. The summed E-state index contributed by atoms with van der Waals surface area (Å²) in [5.74, 6) is -0.134. The molecule has 1 spiro atoms. The number of benzene rings is 1. The third-order valence-corrected chi connectivity index (χ3v) is 4.17. The molecule has 0 radical (unpaired) electrons. The van der Waals surface area contributed by atoms with Crippen LogP contribution in [-0.2, 0) is 5.41 Å². The molecule has 0 atom stereocenters. The maximum atomic E-state index is 13.3. The molecule has 0 bridgehead atoms. The molecule has 0 saturated heterocycles. The maximum absolute atomic E-state index is 13.3. The largest absolute Gasteiger partial charge is 0.383 e. The van der Waals surface area contributed by atoms with E-state index in [0.717, 1.165) is 16.7 Å². The number of halogens is 2. The molecule has 1 aliphatic carbocycles. The van der Waals surface area contributed by atoms with Crippen LogP contribution in [0.4, 0.5) is 10.1 Å². The van der Waals surface area contributed by atoms with Crippen molar-refractivity contribution in [3.63, 3.8) is 0 Å². The highest BCUT2D eigenvalue weighted by Crippen LogP contribution is 2.52. The van der Waals surface area contributed by atoms with Crippen molar-refractivity contribution in [2.24, 2.45) is 0 Å². The molecule has 0 amide bonds. The van der Waals surface area contributed by atoms with Crippen LogP contribution in [0.1, 0.15) is 24.8 Å². The van der Waals surface area contributed by atoms with Crippen molar-refractivity contribution in [3.8, 4) is 0 Å². The Kier molecular flexibility index (Phi) is 1.69. The number of hydrogen-bond donors (Lipinski definition) is 1. The van der Waals surface area contributed by atoms with Gasteiger partial charge in [-0.25, -0.2) is 4.39 Å². The van der Waals surface area contributed by atoms with E-state index in [0.29, 0.717) is 0 Å². The predicted octanol–water partition coefficient (Wildman–Crippen LogP) is 3.44. The summed E-state index contributed by atoms with van der Waals surface area (Å²) in [5.41, 5.74) is 2.53. The smallest absolute Gasteiger partial charge is 0.124 e. The van der Waals surface area contributed by atoms with Crippen LogP contribution in [-0.4, -0.2) is 6.54 Å². The highest BCUT2D eigenvalue weighted by Gasteiger charge is 2.44. The number of anilines is 1. The average molecular weight is 256 g/mol. The summed E-state index contributed by atoms with van der Waals surface area (Å²) in [6.45, 7) is 0.977. The second-order valence-electron chi connectivity index (χ2n) is 4.30. The Morgan fingerprint density at radius 3 is 2.79 bits per heavy atom. The summed E-state index contributed by atoms with van der Waals surface area (Å²) >= 11 is 3.40. The second-order valence-corrected chi connectivity index (χ2v) is 5.15. The van der Waals surface area contributed by atoms with E-state index in [9.17, 15) is 4.39 Å². The molecule has 1 aliphatic heterocycles. The highest BCUT2D eigenvalue weighted by atomic mass is 79.9. The zero-order valence-electron chi connectivity index (χ0n) is 7.74. The molecule has 0 unspecified atom stereocenters.